The van der Waals surface area contributed by atoms with Crippen LogP contribution in [-0.2, 0) is 4.79 Å². The molecule has 4 nitrogen and oxygen atoms in total. The summed E-state index contributed by atoms with van der Waals surface area (Å²) in [6.07, 6.45) is 0.378. The lowest BCUT2D eigenvalue weighted by Gasteiger charge is -2.12. The number of rotatable bonds is 5. The Bertz CT molecular complexity index is 686. The number of hydrogen-bond donors (Lipinski definition) is 2. The van der Waals surface area contributed by atoms with E-state index in [9.17, 15) is 4.79 Å². The molecule has 0 atom stereocenters. The molecule has 22 heavy (non-hydrogen) atoms. The van der Waals surface area contributed by atoms with Gasteiger partial charge in [0.05, 0.1) is 11.4 Å². The fraction of sp³-hybridized carbons (Fsp3) is 0.294. The van der Waals surface area contributed by atoms with Crippen LogP contribution < -0.4 is 10.1 Å². The van der Waals surface area contributed by atoms with Gasteiger partial charge in [-0.15, -0.1) is 0 Å². The van der Waals surface area contributed by atoms with Gasteiger partial charge in [-0.1, -0.05) is 12.1 Å². The third-order valence-electron chi connectivity index (χ3n) is 3.44. The van der Waals surface area contributed by atoms with Gasteiger partial charge in [0.1, 0.15) is 5.75 Å². The van der Waals surface area contributed by atoms with Crippen molar-refractivity contribution in [1.29, 1.82) is 0 Å². The van der Waals surface area contributed by atoms with Crippen molar-refractivity contribution in [3.05, 3.63) is 47.2 Å². The minimum absolute atomic E-state index is 0.0666. The fourth-order valence-electron chi connectivity index (χ4n) is 1.99. The molecule has 1 aromatic heterocycles. The smallest absolute Gasteiger partial charge is 0.225 e. The molecular weight excluding hydrogens is 296 g/mol. The lowest BCUT2D eigenvalue weighted by Crippen LogP contribution is -2.13. The molecular formula is C17H20N2O2S. The van der Waals surface area contributed by atoms with Crippen LogP contribution in [0, 0.1) is 20.8 Å². The van der Waals surface area contributed by atoms with Crippen LogP contribution in [0.4, 0.5) is 5.69 Å². The highest BCUT2D eigenvalue weighted by molar-refractivity contribution is 7.80. The molecule has 0 unspecified atom stereocenters. The number of hydrogen-bond acceptors (Lipinski definition) is 4. The first kappa shape index (κ1) is 16.4. The van der Waals surface area contributed by atoms with E-state index in [4.69, 9.17) is 4.74 Å². The van der Waals surface area contributed by atoms with Gasteiger partial charge in [0, 0.05) is 12.5 Å². The summed E-state index contributed by atoms with van der Waals surface area (Å²) in [4.78, 5) is 16.0. The van der Waals surface area contributed by atoms with E-state index in [0.717, 1.165) is 17.0 Å². The molecule has 0 aliphatic carbocycles. The van der Waals surface area contributed by atoms with Crippen LogP contribution in [-0.4, -0.2) is 16.6 Å². The number of anilines is 1. The Balaban J connectivity index is 2.15. The van der Waals surface area contributed by atoms with Crippen LogP contribution in [0.25, 0.3) is 0 Å². The summed E-state index contributed by atoms with van der Waals surface area (Å²) in [7, 11) is 0. The molecule has 1 N–H and O–H groups in total. The number of pyridine rings is 1. The molecule has 2 rings (SSSR count). The molecule has 0 spiro atoms. The summed E-state index contributed by atoms with van der Waals surface area (Å²) < 4.78 is 5.84. The minimum Gasteiger partial charge on any atom is -0.439 e. The van der Waals surface area contributed by atoms with Gasteiger partial charge >= 0.3 is 0 Å². The van der Waals surface area contributed by atoms with E-state index in [2.05, 4.69) is 22.9 Å². The predicted molar refractivity (Wildman–Crippen MR) is 92.1 cm³/mol. The Kier molecular flexibility index (Phi) is 5.44. The highest BCUT2D eigenvalue weighted by atomic mass is 32.1. The zero-order valence-electron chi connectivity index (χ0n) is 13.0. The first-order chi connectivity index (χ1) is 10.5. The molecule has 1 heterocycles. The molecule has 2 aromatic rings. The number of aromatic nitrogens is 1. The Hall–Kier alpha value is -2.01. The Morgan fingerprint density at radius 2 is 2.00 bits per heavy atom. The largest absolute Gasteiger partial charge is 0.439 e. The van der Waals surface area contributed by atoms with E-state index in [1.165, 1.54) is 5.56 Å². The molecule has 0 aliphatic rings. The van der Waals surface area contributed by atoms with Crippen molar-refractivity contribution in [2.24, 2.45) is 0 Å². The van der Waals surface area contributed by atoms with Crippen molar-refractivity contribution in [2.75, 3.05) is 11.1 Å². The maximum Gasteiger partial charge on any atom is 0.225 e. The Labute approximate surface area is 136 Å². The maximum atomic E-state index is 11.6. The molecule has 116 valence electrons. The van der Waals surface area contributed by atoms with Gasteiger partial charge in [-0.25, -0.2) is 4.98 Å². The SMILES string of the molecule is Cc1cccc(Oc2ccc(NC(=O)CCS)c(C)n2)c1C. The van der Waals surface area contributed by atoms with Gasteiger partial charge in [0.25, 0.3) is 0 Å². The van der Waals surface area contributed by atoms with E-state index >= 15 is 0 Å². The lowest BCUT2D eigenvalue weighted by atomic mass is 10.1. The highest BCUT2D eigenvalue weighted by Gasteiger charge is 2.08. The summed E-state index contributed by atoms with van der Waals surface area (Å²) >= 11 is 4.05. The predicted octanol–water partition coefficient (Wildman–Crippen LogP) is 4.06. The van der Waals surface area contributed by atoms with E-state index in [-0.39, 0.29) is 5.91 Å². The van der Waals surface area contributed by atoms with E-state index in [1.807, 2.05) is 39.0 Å². The molecule has 0 aliphatic heterocycles. The van der Waals surface area contributed by atoms with Gasteiger partial charge < -0.3 is 10.1 Å². The van der Waals surface area contributed by atoms with Gasteiger partial charge in [-0.2, -0.15) is 12.6 Å². The molecule has 0 fully saturated rings. The van der Waals surface area contributed by atoms with Crippen molar-refractivity contribution in [3.63, 3.8) is 0 Å². The number of nitrogens with zero attached hydrogens (tertiary/aromatic N) is 1. The number of benzene rings is 1. The third-order valence-corrected chi connectivity index (χ3v) is 3.67. The average molecular weight is 316 g/mol. The molecule has 0 radical (unpaired) electrons. The first-order valence-corrected chi connectivity index (χ1v) is 7.77. The Morgan fingerprint density at radius 3 is 2.68 bits per heavy atom. The minimum atomic E-state index is -0.0666. The number of amides is 1. The van der Waals surface area contributed by atoms with Crippen LogP contribution in [0.5, 0.6) is 11.6 Å². The second-order valence-corrected chi connectivity index (χ2v) is 5.55. The number of nitrogens with one attached hydrogen (secondary N) is 1. The molecule has 0 saturated carbocycles. The summed E-state index contributed by atoms with van der Waals surface area (Å²) in [6, 6.07) is 9.48. The van der Waals surface area contributed by atoms with Gasteiger partial charge in [-0.05, 0) is 49.8 Å². The van der Waals surface area contributed by atoms with Crippen LogP contribution in [0.15, 0.2) is 30.3 Å². The van der Waals surface area contributed by atoms with Crippen LogP contribution in [0.1, 0.15) is 23.2 Å². The zero-order chi connectivity index (χ0) is 16.1. The summed E-state index contributed by atoms with van der Waals surface area (Å²) in [5.74, 6) is 1.76. The lowest BCUT2D eigenvalue weighted by molar-refractivity contribution is -0.115. The maximum absolute atomic E-state index is 11.6. The second-order valence-electron chi connectivity index (χ2n) is 5.10. The Morgan fingerprint density at radius 1 is 1.23 bits per heavy atom. The third kappa shape index (κ3) is 4.01. The van der Waals surface area contributed by atoms with E-state index < -0.39 is 0 Å². The van der Waals surface area contributed by atoms with E-state index in [0.29, 0.717) is 23.7 Å². The van der Waals surface area contributed by atoms with Crippen LogP contribution >= 0.6 is 12.6 Å². The van der Waals surface area contributed by atoms with Crippen LogP contribution in [0.2, 0.25) is 0 Å². The van der Waals surface area contributed by atoms with Gasteiger partial charge in [0.15, 0.2) is 0 Å². The average Bonchev–Trinajstić information content (AvgIpc) is 2.47. The summed E-state index contributed by atoms with van der Waals surface area (Å²) in [5.41, 5.74) is 3.67. The molecule has 5 heteroatoms. The van der Waals surface area contributed by atoms with Crippen molar-refractivity contribution in [1.82, 2.24) is 4.98 Å². The number of aryl methyl sites for hydroxylation is 2. The zero-order valence-corrected chi connectivity index (χ0v) is 13.9. The van der Waals surface area contributed by atoms with Crippen molar-refractivity contribution in [2.45, 2.75) is 27.2 Å². The molecule has 0 bridgehead atoms. The quantitative estimate of drug-likeness (QED) is 0.818. The van der Waals surface area contributed by atoms with Crippen molar-refractivity contribution in [3.8, 4) is 11.6 Å². The standard InChI is InChI=1S/C17H20N2O2S/c1-11-5-4-6-15(12(11)2)21-17-8-7-14(13(3)18-17)19-16(20)9-10-22/h4-8,22H,9-10H2,1-3H3,(H,19,20). The summed E-state index contributed by atoms with van der Waals surface area (Å²) in [5, 5.41) is 2.82. The number of carbonyl (C=O) groups excluding carboxylic acids is 1. The second kappa shape index (κ2) is 7.31. The van der Waals surface area contributed by atoms with Gasteiger partial charge in [0.2, 0.25) is 11.8 Å². The monoisotopic (exact) mass is 316 g/mol. The molecule has 1 aromatic carbocycles. The highest BCUT2D eigenvalue weighted by Crippen LogP contribution is 2.27. The number of ether oxygens (including phenoxy) is 1. The number of carbonyl (C=O) groups is 1. The van der Waals surface area contributed by atoms with Crippen molar-refractivity contribution < 1.29 is 9.53 Å². The first-order valence-electron chi connectivity index (χ1n) is 7.13. The fourth-order valence-corrected chi connectivity index (χ4v) is 2.19. The normalized spacial score (nSPS) is 10.4. The molecule has 0 saturated heterocycles. The van der Waals surface area contributed by atoms with Crippen molar-refractivity contribution >= 4 is 24.2 Å². The van der Waals surface area contributed by atoms with Gasteiger partial charge in [-0.3, -0.25) is 4.79 Å². The van der Waals surface area contributed by atoms with E-state index in [1.54, 1.807) is 12.1 Å². The number of thiol groups is 1. The summed E-state index contributed by atoms with van der Waals surface area (Å²) in [6.45, 7) is 5.90. The molecule has 1 amide bonds. The van der Waals surface area contributed by atoms with Crippen LogP contribution in [0.3, 0.4) is 0 Å². The topological polar surface area (TPSA) is 51.2 Å².